The van der Waals surface area contributed by atoms with Crippen molar-refractivity contribution in [2.24, 2.45) is 0 Å². The molecule has 30 heavy (non-hydrogen) atoms. The molecule has 0 aliphatic carbocycles. The maximum absolute atomic E-state index is 12.9. The van der Waals surface area contributed by atoms with Crippen molar-refractivity contribution in [3.05, 3.63) is 86.8 Å². The van der Waals surface area contributed by atoms with E-state index in [1.165, 1.54) is 4.57 Å². The summed E-state index contributed by atoms with van der Waals surface area (Å²) in [7, 11) is 0. The van der Waals surface area contributed by atoms with Crippen LogP contribution in [0, 0.1) is 20.8 Å². The summed E-state index contributed by atoms with van der Waals surface area (Å²) in [5.41, 5.74) is 4.30. The van der Waals surface area contributed by atoms with Crippen LogP contribution >= 0.6 is 11.6 Å². The van der Waals surface area contributed by atoms with Gasteiger partial charge in [0.2, 0.25) is 5.91 Å². The molecule has 0 saturated heterocycles. The van der Waals surface area contributed by atoms with Gasteiger partial charge in [-0.05, 0) is 56.2 Å². The average molecular weight is 421 g/mol. The molecule has 0 fully saturated rings. The number of amides is 1. The molecule has 0 radical (unpaired) electrons. The second-order valence-electron chi connectivity index (χ2n) is 7.30. The monoisotopic (exact) mass is 420 g/mol. The highest BCUT2D eigenvalue weighted by Gasteiger charge is 2.18. The predicted molar refractivity (Wildman–Crippen MR) is 120 cm³/mol. The number of para-hydroxylation sites is 1. The van der Waals surface area contributed by atoms with Crippen molar-refractivity contribution in [3.8, 4) is 5.69 Å². The van der Waals surface area contributed by atoms with E-state index >= 15 is 0 Å². The third-order valence-corrected chi connectivity index (χ3v) is 5.46. The van der Waals surface area contributed by atoms with Gasteiger partial charge in [-0.2, -0.15) is 5.10 Å². The van der Waals surface area contributed by atoms with E-state index in [1.54, 1.807) is 22.9 Å². The molecule has 4 rings (SSSR count). The minimum atomic E-state index is -0.319. The number of anilines is 1. The predicted octanol–water partition coefficient (Wildman–Crippen LogP) is 4.40. The summed E-state index contributed by atoms with van der Waals surface area (Å²) >= 11 is 6.15. The van der Waals surface area contributed by atoms with Crippen molar-refractivity contribution in [2.75, 3.05) is 5.32 Å². The molecular formula is C23H21ClN4O2. The molecule has 1 N–H and O–H groups in total. The van der Waals surface area contributed by atoms with Gasteiger partial charge in [-0.1, -0.05) is 35.9 Å². The van der Waals surface area contributed by atoms with Crippen LogP contribution in [0.25, 0.3) is 16.7 Å². The van der Waals surface area contributed by atoms with Gasteiger partial charge in [-0.25, -0.2) is 4.68 Å². The zero-order chi connectivity index (χ0) is 21.4. The number of halogens is 1. The van der Waals surface area contributed by atoms with Crippen LogP contribution in [-0.4, -0.2) is 20.3 Å². The van der Waals surface area contributed by atoms with E-state index in [9.17, 15) is 9.59 Å². The first kappa shape index (κ1) is 19.9. The number of hydrogen-bond donors (Lipinski definition) is 1. The lowest BCUT2D eigenvalue weighted by Crippen LogP contribution is -2.29. The lowest BCUT2D eigenvalue weighted by atomic mass is 10.1. The van der Waals surface area contributed by atoms with E-state index < -0.39 is 0 Å². The zero-order valence-corrected chi connectivity index (χ0v) is 17.7. The fourth-order valence-corrected chi connectivity index (χ4v) is 3.76. The zero-order valence-electron chi connectivity index (χ0n) is 16.9. The molecule has 1 amide bonds. The number of carbonyl (C=O) groups excluding carboxylic acids is 1. The van der Waals surface area contributed by atoms with Crippen molar-refractivity contribution < 1.29 is 4.79 Å². The van der Waals surface area contributed by atoms with E-state index in [2.05, 4.69) is 10.4 Å². The Kier molecular flexibility index (Phi) is 5.18. The average Bonchev–Trinajstić information content (AvgIpc) is 3.06. The molecule has 7 heteroatoms. The maximum Gasteiger partial charge on any atom is 0.252 e. The third-order valence-electron chi connectivity index (χ3n) is 5.05. The normalized spacial score (nSPS) is 11.1. The molecule has 0 aliphatic heterocycles. The van der Waals surface area contributed by atoms with Crippen molar-refractivity contribution in [3.63, 3.8) is 0 Å². The van der Waals surface area contributed by atoms with Crippen molar-refractivity contribution in [1.29, 1.82) is 0 Å². The molecule has 0 bridgehead atoms. The number of pyridine rings is 1. The van der Waals surface area contributed by atoms with Crippen LogP contribution in [-0.2, 0) is 11.3 Å². The molecule has 0 atom stereocenters. The van der Waals surface area contributed by atoms with Crippen LogP contribution in [0.5, 0.6) is 0 Å². The lowest BCUT2D eigenvalue weighted by Gasteiger charge is -2.13. The van der Waals surface area contributed by atoms with E-state index in [4.69, 9.17) is 11.6 Å². The fourth-order valence-electron chi connectivity index (χ4n) is 3.58. The summed E-state index contributed by atoms with van der Waals surface area (Å²) in [4.78, 5) is 25.6. The number of aryl methyl sites for hydroxylation is 3. The Morgan fingerprint density at radius 1 is 1.03 bits per heavy atom. The topological polar surface area (TPSA) is 68.9 Å². The van der Waals surface area contributed by atoms with Crippen LogP contribution in [0.2, 0.25) is 5.02 Å². The second-order valence-corrected chi connectivity index (χ2v) is 7.70. The van der Waals surface area contributed by atoms with Gasteiger partial charge < -0.3 is 5.32 Å². The number of nitrogens with zero attached hydrogens (tertiary/aromatic N) is 3. The Balaban J connectivity index is 1.79. The lowest BCUT2D eigenvalue weighted by molar-refractivity contribution is -0.116. The maximum atomic E-state index is 12.9. The van der Waals surface area contributed by atoms with Gasteiger partial charge in [0.15, 0.2) is 0 Å². The van der Waals surface area contributed by atoms with Crippen LogP contribution in [0.4, 0.5) is 5.69 Å². The molecule has 2 aromatic heterocycles. The molecule has 2 aromatic carbocycles. The summed E-state index contributed by atoms with van der Waals surface area (Å²) in [6, 6.07) is 16.4. The molecule has 0 saturated carbocycles. The number of carbonyl (C=O) groups is 1. The third kappa shape index (κ3) is 3.62. The summed E-state index contributed by atoms with van der Waals surface area (Å²) in [5.74, 6) is -0.319. The quantitative estimate of drug-likeness (QED) is 0.531. The molecule has 4 aromatic rings. The number of aromatic nitrogens is 3. The van der Waals surface area contributed by atoms with Crippen LogP contribution in [0.3, 0.4) is 0 Å². The molecule has 0 unspecified atom stereocenters. The number of hydrogen-bond acceptors (Lipinski definition) is 3. The summed E-state index contributed by atoms with van der Waals surface area (Å²) < 4.78 is 3.18. The molecule has 0 aliphatic rings. The van der Waals surface area contributed by atoms with E-state index in [0.717, 1.165) is 27.9 Å². The molecule has 2 heterocycles. The summed E-state index contributed by atoms with van der Waals surface area (Å²) in [6.45, 7) is 5.53. The largest absolute Gasteiger partial charge is 0.324 e. The van der Waals surface area contributed by atoms with E-state index in [-0.39, 0.29) is 18.0 Å². The van der Waals surface area contributed by atoms with Gasteiger partial charge in [-0.3, -0.25) is 14.2 Å². The highest BCUT2D eigenvalue weighted by Crippen LogP contribution is 2.24. The SMILES string of the molecule is Cc1ccc(NC(=O)Cn2c(=O)cc(C)c3c(C)nn(-c4ccccc4)c32)cc1Cl. The van der Waals surface area contributed by atoms with Gasteiger partial charge in [0.25, 0.3) is 5.56 Å². The van der Waals surface area contributed by atoms with E-state index in [1.807, 2.05) is 57.2 Å². The van der Waals surface area contributed by atoms with Gasteiger partial charge in [0.05, 0.1) is 11.4 Å². The van der Waals surface area contributed by atoms with Gasteiger partial charge in [-0.15, -0.1) is 0 Å². The first-order valence-corrected chi connectivity index (χ1v) is 9.94. The van der Waals surface area contributed by atoms with Crippen LogP contribution in [0.15, 0.2) is 59.4 Å². The number of nitrogens with one attached hydrogen (secondary N) is 1. The Morgan fingerprint density at radius 2 is 1.77 bits per heavy atom. The van der Waals surface area contributed by atoms with Crippen molar-refractivity contribution >= 4 is 34.2 Å². The summed E-state index contributed by atoms with van der Waals surface area (Å²) in [6.07, 6.45) is 0. The van der Waals surface area contributed by atoms with Crippen molar-refractivity contribution in [2.45, 2.75) is 27.3 Å². The Bertz CT molecular complexity index is 1320. The molecule has 0 spiro atoms. The minimum Gasteiger partial charge on any atom is -0.324 e. The summed E-state index contributed by atoms with van der Waals surface area (Å²) in [5, 5.41) is 8.90. The fraction of sp³-hybridized carbons (Fsp3) is 0.174. The molecular weight excluding hydrogens is 400 g/mol. The molecule has 152 valence electrons. The number of fused-ring (bicyclic) bond motifs is 1. The molecule has 6 nitrogen and oxygen atoms in total. The second kappa shape index (κ2) is 7.80. The van der Waals surface area contributed by atoms with Crippen LogP contribution in [0.1, 0.15) is 16.8 Å². The van der Waals surface area contributed by atoms with Gasteiger partial charge in [0.1, 0.15) is 12.2 Å². The minimum absolute atomic E-state index is 0.140. The van der Waals surface area contributed by atoms with Crippen molar-refractivity contribution in [1.82, 2.24) is 14.3 Å². The van der Waals surface area contributed by atoms with Crippen LogP contribution < -0.4 is 10.9 Å². The number of benzene rings is 2. The highest BCUT2D eigenvalue weighted by atomic mass is 35.5. The Labute approximate surface area is 178 Å². The van der Waals surface area contributed by atoms with Gasteiger partial charge >= 0.3 is 0 Å². The standard InChI is InChI=1S/C23H21ClN4O2/c1-14-9-10-17(12-19(14)24)25-20(29)13-27-21(30)11-15(2)22-16(3)26-28(23(22)27)18-7-5-4-6-8-18/h4-12H,13H2,1-3H3,(H,25,29). The number of rotatable bonds is 4. The van der Waals surface area contributed by atoms with Gasteiger partial charge in [0, 0.05) is 22.2 Å². The highest BCUT2D eigenvalue weighted by molar-refractivity contribution is 6.31. The first-order valence-electron chi connectivity index (χ1n) is 9.56. The smallest absolute Gasteiger partial charge is 0.252 e. The van der Waals surface area contributed by atoms with E-state index in [0.29, 0.717) is 16.4 Å². The first-order chi connectivity index (χ1) is 14.3. The Hall–Kier alpha value is -3.38. The Morgan fingerprint density at radius 3 is 2.47 bits per heavy atom.